The van der Waals surface area contributed by atoms with Crippen LogP contribution in [0.5, 0.6) is 17.2 Å². The van der Waals surface area contributed by atoms with Crippen LogP contribution in [0.15, 0.2) is 72.8 Å². The molecular formula is C26H30N2O6S. The molecule has 1 amide bonds. The van der Waals surface area contributed by atoms with Gasteiger partial charge in [-0.2, -0.15) is 0 Å². The van der Waals surface area contributed by atoms with Gasteiger partial charge >= 0.3 is 0 Å². The van der Waals surface area contributed by atoms with E-state index in [1.165, 1.54) is 4.31 Å². The summed E-state index contributed by atoms with van der Waals surface area (Å²) in [4.78, 5) is 12.5. The molecule has 0 aliphatic heterocycles. The van der Waals surface area contributed by atoms with E-state index in [1.54, 1.807) is 67.8 Å². The van der Waals surface area contributed by atoms with Crippen LogP contribution in [-0.2, 0) is 16.6 Å². The van der Waals surface area contributed by atoms with Gasteiger partial charge in [-0.05, 0) is 48.9 Å². The van der Waals surface area contributed by atoms with E-state index in [0.29, 0.717) is 41.7 Å². The van der Waals surface area contributed by atoms with Crippen molar-refractivity contribution in [3.8, 4) is 17.2 Å². The van der Waals surface area contributed by atoms with E-state index in [-0.39, 0.29) is 19.1 Å². The molecule has 0 spiro atoms. The van der Waals surface area contributed by atoms with Crippen molar-refractivity contribution in [1.29, 1.82) is 0 Å². The number of benzene rings is 3. The minimum absolute atomic E-state index is 0.109. The van der Waals surface area contributed by atoms with Crippen LogP contribution in [0.1, 0.15) is 22.8 Å². The van der Waals surface area contributed by atoms with Crippen molar-refractivity contribution in [2.45, 2.75) is 13.5 Å². The number of amides is 1. The monoisotopic (exact) mass is 498 g/mol. The Kier molecular flexibility index (Phi) is 8.97. The van der Waals surface area contributed by atoms with Crippen molar-refractivity contribution < 1.29 is 27.4 Å². The van der Waals surface area contributed by atoms with Gasteiger partial charge in [-0.3, -0.25) is 9.10 Å². The van der Waals surface area contributed by atoms with E-state index < -0.39 is 10.0 Å². The van der Waals surface area contributed by atoms with Crippen LogP contribution >= 0.6 is 0 Å². The molecule has 0 aliphatic rings. The molecule has 35 heavy (non-hydrogen) atoms. The number of nitrogens with one attached hydrogen (secondary N) is 1. The van der Waals surface area contributed by atoms with Crippen molar-refractivity contribution in [1.82, 2.24) is 5.32 Å². The summed E-state index contributed by atoms with van der Waals surface area (Å²) in [5.74, 6) is 1.48. The molecule has 9 heteroatoms. The standard InChI is InChI=1S/C26H30N2O6S/c1-4-33-23-10-6-5-9-22(23)28(35(3,30)31)19-20-13-15-21(16-14-20)26(29)27-17-18-34-25-12-8-7-11-24(25)32-2/h5-16H,4,17-19H2,1-3H3,(H,27,29). The fourth-order valence-electron chi connectivity index (χ4n) is 3.41. The van der Waals surface area contributed by atoms with Crippen LogP contribution in [0.3, 0.4) is 0 Å². The maximum Gasteiger partial charge on any atom is 0.251 e. The molecule has 0 aromatic heterocycles. The number of carbonyl (C=O) groups excluding carboxylic acids is 1. The second-order valence-corrected chi connectivity index (χ2v) is 9.53. The van der Waals surface area contributed by atoms with Gasteiger partial charge in [-0.1, -0.05) is 36.4 Å². The lowest BCUT2D eigenvalue weighted by atomic mass is 10.1. The molecule has 8 nitrogen and oxygen atoms in total. The lowest BCUT2D eigenvalue weighted by Gasteiger charge is -2.24. The third kappa shape index (κ3) is 7.13. The Labute approximate surface area is 206 Å². The van der Waals surface area contributed by atoms with E-state index in [9.17, 15) is 13.2 Å². The first-order valence-electron chi connectivity index (χ1n) is 11.2. The Bertz CT molecular complexity index is 1230. The number of rotatable bonds is 12. The highest BCUT2D eigenvalue weighted by Gasteiger charge is 2.21. The fraction of sp³-hybridized carbons (Fsp3) is 0.269. The lowest BCUT2D eigenvalue weighted by Crippen LogP contribution is -2.30. The smallest absolute Gasteiger partial charge is 0.251 e. The zero-order valence-corrected chi connectivity index (χ0v) is 20.9. The first-order chi connectivity index (χ1) is 16.8. The zero-order valence-electron chi connectivity index (χ0n) is 20.1. The Balaban J connectivity index is 1.61. The summed E-state index contributed by atoms with van der Waals surface area (Å²) in [5.41, 5.74) is 1.66. The third-order valence-electron chi connectivity index (χ3n) is 5.09. The normalized spacial score (nSPS) is 10.9. The summed E-state index contributed by atoms with van der Waals surface area (Å²) in [7, 11) is -2.01. The van der Waals surface area contributed by atoms with Crippen molar-refractivity contribution in [2.75, 3.05) is 37.4 Å². The molecule has 186 valence electrons. The average molecular weight is 499 g/mol. The number of carbonyl (C=O) groups is 1. The molecule has 0 aliphatic carbocycles. The molecule has 0 unspecified atom stereocenters. The summed E-state index contributed by atoms with van der Waals surface area (Å²) < 4.78 is 42.9. The summed E-state index contributed by atoms with van der Waals surface area (Å²) >= 11 is 0. The minimum atomic E-state index is -3.58. The lowest BCUT2D eigenvalue weighted by molar-refractivity contribution is 0.0947. The number of sulfonamides is 1. The van der Waals surface area contributed by atoms with E-state index in [0.717, 1.165) is 11.8 Å². The average Bonchev–Trinajstić information content (AvgIpc) is 2.85. The highest BCUT2D eigenvalue weighted by atomic mass is 32.2. The van der Waals surface area contributed by atoms with Crippen LogP contribution in [0.25, 0.3) is 0 Å². The highest BCUT2D eigenvalue weighted by molar-refractivity contribution is 7.92. The summed E-state index contributed by atoms with van der Waals surface area (Å²) in [5, 5.41) is 2.81. The Morgan fingerprint density at radius 3 is 2.14 bits per heavy atom. The second-order valence-electron chi connectivity index (χ2n) is 7.62. The number of hydrogen-bond acceptors (Lipinski definition) is 6. The Morgan fingerprint density at radius 2 is 1.51 bits per heavy atom. The van der Waals surface area contributed by atoms with Crippen LogP contribution in [-0.4, -0.2) is 47.4 Å². The van der Waals surface area contributed by atoms with Gasteiger partial charge in [0, 0.05) is 5.56 Å². The van der Waals surface area contributed by atoms with Crippen molar-refractivity contribution in [2.24, 2.45) is 0 Å². The van der Waals surface area contributed by atoms with E-state index in [1.807, 2.05) is 19.1 Å². The Morgan fingerprint density at radius 1 is 0.886 bits per heavy atom. The fourth-order valence-corrected chi connectivity index (χ4v) is 4.31. The molecule has 1 N–H and O–H groups in total. The van der Waals surface area contributed by atoms with Crippen molar-refractivity contribution in [3.63, 3.8) is 0 Å². The molecule has 0 atom stereocenters. The van der Waals surface area contributed by atoms with Gasteiger partial charge in [0.2, 0.25) is 10.0 Å². The number of anilines is 1. The minimum Gasteiger partial charge on any atom is -0.493 e. The predicted molar refractivity (Wildman–Crippen MR) is 136 cm³/mol. The first-order valence-corrected chi connectivity index (χ1v) is 13.0. The number of para-hydroxylation sites is 4. The van der Waals surface area contributed by atoms with Crippen molar-refractivity contribution in [3.05, 3.63) is 83.9 Å². The van der Waals surface area contributed by atoms with Gasteiger partial charge in [0.1, 0.15) is 12.4 Å². The maximum absolute atomic E-state index is 12.5. The number of ether oxygens (including phenoxy) is 3. The number of nitrogens with zero attached hydrogens (tertiary/aromatic N) is 1. The molecule has 3 rings (SSSR count). The quantitative estimate of drug-likeness (QED) is 0.381. The molecule has 0 saturated heterocycles. The van der Waals surface area contributed by atoms with E-state index >= 15 is 0 Å². The highest BCUT2D eigenvalue weighted by Crippen LogP contribution is 2.31. The summed E-state index contributed by atoms with van der Waals surface area (Å²) in [6, 6.07) is 21.1. The third-order valence-corrected chi connectivity index (χ3v) is 6.22. The van der Waals surface area contributed by atoms with Gasteiger partial charge in [-0.15, -0.1) is 0 Å². The first kappa shape index (κ1) is 25.9. The van der Waals surface area contributed by atoms with Crippen molar-refractivity contribution >= 4 is 21.6 Å². The van der Waals surface area contributed by atoms with Gasteiger partial charge in [0.25, 0.3) is 5.91 Å². The number of methoxy groups -OCH3 is 1. The van der Waals surface area contributed by atoms with Crippen LogP contribution in [0.4, 0.5) is 5.69 Å². The molecule has 0 radical (unpaired) electrons. The summed E-state index contributed by atoms with van der Waals surface area (Å²) in [6.45, 7) is 2.97. The van der Waals surface area contributed by atoms with Crippen LogP contribution < -0.4 is 23.8 Å². The molecule has 0 saturated carbocycles. The van der Waals surface area contributed by atoms with E-state index in [4.69, 9.17) is 14.2 Å². The van der Waals surface area contributed by atoms with E-state index in [2.05, 4.69) is 5.32 Å². The molecular weight excluding hydrogens is 468 g/mol. The van der Waals surface area contributed by atoms with Crippen LogP contribution in [0, 0.1) is 0 Å². The van der Waals surface area contributed by atoms with Gasteiger partial charge in [0.15, 0.2) is 11.5 Å². The Hall–Kier alpha value is -3.72. The molecule has 3 aromatic rings. The van der Waals surface area contributed by atoms with Gasteiger partial charge in [0.05, 0.1) is 38.7 Å². The van der Waals surface area contributed by atoms with Crippen LogP contribution in [0.2, 0.25) is 0 Å². The maximum atomic E-state index is 12.5. The second kappa shape index (κ2) is 12.1. The number of hydrogen-bond donors (Lipinski definition) is 1. The predicted octanol–water partition coefficient (Wildman–Crippen LogP) is 3.87. The SMILES string of the molecule is CCOc1ccccc1N(Cc1ccc(C(=O)NCCOc2ccccc2OC)cc1)S(C)(=O)=O. The zero-order chi connectivity index (χ0) is 25.3. The molecule has 0 heterocycles. The van der Waals surface area contributed by atoms with Gasteiger partial charge < -0.3 is 19.5 Å². The molecule has 0 bridgehead atoms. The van der Waals surface area contributed by atoms with Gasteiger partial charge in [-0.25, -0.2) is 8.42 Å². The largest absolute Gasteiger partial charge is 0.493 e. The molecule has 3 aromatic carbocycles. The molecule has 0 fully saturated rings. The topological polar surface area (TPSA) is 94.2 Å². The summed E-state index contributed by atoms with van der Waals surface area (Å²) in [6.07, 6.45) is 1.16.